The van der Waals surface area contributed by atoms with Crippen LogP contribution in [0, 0.1) is 0 Å². The summed E-state index contributed by atoms with van der Waals surface area (Å²) in [5.41, 5.74) is 2.67. The van der Waals surface area contributed by atoms with Crippen LogP contribution in [0.3, 0.4) is 0 Å². The minimum absolute atomic E-state index is 0.0458. The quantitative estimate of drug-likeness (QED) is 0.465. The van der Waals surface area contributed by atoms with Crippen LogP contribution in [0.15, 0.2) is 66.7 Å². The molecular weight excluding hydrogens is 358 g/mol. The van der Waals surface area contributed by atoms with Crippen LogP contribution in [0.4, 0.5) is 0 Å². The first-order valence-electron chi connectivity index (χ1n) is 10.6. The molecule has 3 rings (SSSR count). The van der Waals surface area contributed by atoms with Gasteiger partial charge in [0.25, 0.3) is 5.91 Å². The Morgan fingerprint density at radius 1 is 0.966 bits per heavy atom. The number of rotatable bonds is 9. The van der Waals surface area contributed by atoms with E-state index in [-0.39, 0.29) is 5.91 Å². The van der Waals surface area contributed by atoms with Gasteiger partial charge in [-0.3, -0.25) is 4.79 Å². The second-order valence-corrected chi connectivity index (χ2v) is 7.78. The van der Waals surface area contributed by atoms with E-state index in [1.165, 1.54) is 11.1 Å². The third-order valence-corrected chi connectivity index (χ3v) is 5.27. The van der Waals surface area contributed by atoms with Gasteiger partial charge in [0.05, 0.1) is 0 Å². The van der Waals surface area contributed by atoms with Gasteiger partial charge in [0, 0.05) is 11.9 Å². The SMILES string of the molecule is CC[C@H](Oc1cccc2ccccc12)C(=O)NCCCc1ccc(C(C)C)cc1. The highest BCUT2D eigenvalue weighted by Gasteiger charge is 2.18. The van der Waals surface area contributed by atoms with Gasteiger partial charge in [-0.05, 0) is 47.8 Å². The lowest BCUT2D eigenvalue weighted by molar-refractivity contribution is -0.128. The first-order chi connectivity index (χ1) is 14.1. The molecule has 1 atom stereocenters. The summed E-state index contributed by atoms with van der Waals surface area (Å²) in [6, 6.07) is 22.8. The normalized spacial score (nSPS) is 12.1. The molecule has 3 aromatic carbocycles. The van der Waals surface area contributed by atoms with Crippen LogP contribution in [0.5, 0.6) is 5.75 Å². The average Bonchev–Trinajstić information content (AvgIpc) is 2.75. The molecule has 1 amide bonds. The fourth-order valence-corrected chi connectivity index (χ4v) is 3.46. The molecule has 0 radical (unpaired) electrons. The maximum Gasteiger partial charge on any atom is 0.261 e. The number of hydrogen-bond acceptors (Lipinski definition) is 2. The summed E-state index contributed by atoms with van der Waals surface area (Å²) in [6.07, 6.45) is 2.02. The van der Waals surface area contributed by atoms with Crippen molar-refractivity contribution in [3.8, 4) is 5.75 Å². The van der Waals surface area contributed by atoms with E-state index in [0.717, 1.165) is 29.4 Å². The van der Waals surface area contributed by atoms with Crippen molar-refractivity contribution in [1.82, 2.24) is 5.32 Å². The highest BCUT2D eigenvalue weighted by molar-refractivity contribution is 5.89. The van der Waals surface area contributed by atoms with Gasteiger partial charge < -0.3 is 10.1 Å². The van der Waals surface area contributed by atoms with Crippen LogP contribution >= 0.6 is 0 Å². The first-order valence-corrected chi connectivity index (χ1v) is 10.6. The first kappa shape index (κ1) is 20.9. The summed E-state index contributed by atoms with van der Waals surface area (Å²) in [6.45, 7) is 7.04. The fourth-order valence-electron chi connectivity index (χ4n) is 3.46. The molecule has 1 N–H and O–H groups in total. The Morgan fingerprint density at radius 2 is 1.69 bits per heavy atom. The summed E-state index contributed by atoms with van der Waals surface area (Å²) >= 11 is 0. The maximum absolute atomic E-state index is 12.6. The molecule has 0 aliphatic heterocycles. The largest absolute Gasteiger partial charge is 0.480 e. The minimum Gasteiger partial charge on any atom is -0.480 e. The third-order valence-electron chi connectivity index (χ3n) is 5.27. The zero-order valence-electron chi connectivity index (χ0n) is 17.7. The van der Waals surface area contributed by atoms with Crippen LogP contribution < -0.4 is 10.1 Å². The second-order valence-electron chi connectivity index (χ2n) is 7.78. The zero-order chi connectivity index (χ0) is 20.6. The van der Waals surface area contributed by atoms with Gasteiger partial charge in [0.1, 0.15) is 5.75 Å². The summed E-state index contributed by atoms with van der Waals surface area (Å²) in [5.74, 6) is 1.27. The molecule has 152 valence electrons. The predicted molar refractivity (Wildman–Crippen MR) is 121 cm³/mol. The van der Waals surface area contributed by atoms with Crippen molar-refractivity contribution in [1.29, 1.82) is 0 Å². The molecule has 0 heterocycles. The Labute approximate surface area is 174 Å². The van der Waals surface area contributed by atoms with Crippen LogP contribution in [0.1, 0.15) is 50.7 Å². The fraction of sp³-hybridized carbons (Fsp3) is 0.346. The number of ether oxygens (including phenoxy) is 1. The Balaban J connectivity index is 1.51. The Hall–Kier alpha value is -2.81. The molecule has 0 aliphatic carbocycles. The molecule has 3 aromatic rings. The van der Waals surface area contributed by atoms with Crippen molar-refractivity contribution >= 4 is 16.7 Å². The van der Waals surface area contributed by atoms with Crippen molar-refractivity contribution in [2.75, 3.05) is 6.54 Å². The zero-order valence-corrected chi connectivity index (χ0v) is 17.7. The van der Waals surface area contributed by atoms with Gasteiger partial charge in [0.15, 0.2) is 6.10 Å². The van der Waals surface area contributed by atoms with Crippen LogP contribution in [-0.4, -0.2) is 18.6 Å². The molecule has 0 saturated heterocycles. The van der Waals surface area contributed by atoms with Gasteiger partial charge in [-0.1, -0.05) is 81.4 Å². The molecule has 0 fully saturated rings. The summed E-state index contributed by atoms with van der Waals surface area (Å²) in [4.78, 5) is 12.6. The molecule has 29 heavy (non-hydrogen) atoms. The molecule has 3 nitrogen and oxygen atoms in total. The van der Waals surface area contributed by atoms with Gasteiger partial charge in [0.2, 0.25) is 0 Å². The molecule has 0 aliphatic rings. The van der Waals surface area contributed by atoms with E-state index in [9.17, 15) is 4.79 Å². The molecule has 0 saturated carbocycles. The predicted octanol–water partition coefficient (Wildman–Crippen LogP) is 5.87. The second kappa shape index (κ2) is 10.1. The van der Waals surface area contributed by atoms with E-state index in [2.05, 4.69) is 55.6 Å². The van der Waals surface area contributed by atoms with E-state index in [1.807, 2.05) is 37.3 Å². The smallest absolute Gasteiger partial charge is 0.261 e. The molecule has 0 aromatic heterocycles. The van der Waals surface area contributed by atoms with Gasteiger partial charge in [-0.15, -0.1) is 0 Å². The summed E-state index contributed by atoms with van der Waals surface area (Å²) in [7, 11) is 0. The number of hydrogen-bond donors (Lipinski definition) is 1. The standard InChI is InChI=1S/C26H31NO2/c1-4-24(29-25-13-7-11-22-10-5-6-12-23(22)25)26(28)27-18-8-9-20-14-16-21(17-15-20)19(2)3/h5-7,10-17,19,24H,4,8-9,18H2,1-3H3,(H,27,28)/t24-/m0/s1. The summed E-state index contributed by atoms with van der Waals surface area (Å²) in [5, 5.41) is 5.19. The number of aryl methyl sites for hydroxylation is 1. The average molecular weight is 390 g/mol. The molecule has 0 bridgehead atoms. The van der Waals surface area contributed by atoms with Gasteiger partial charge >= 0.3 is 0 Å². The van der Waals surface area contributed by atoms with E-state index in [1.54, 1.807) is 0 Å². The van der Waals surface area contributed by atoms with Crippen molar-refractivity contribution in [3.63, 3.8) is 0 Å². The molecule has 0 spiro atoms. The van der Waals surface area contributed by atoms with Crippen molar-refractivity contribution in [2.24, 2.45) is 0 Å². The van der Waals surface area contributed by atoms with Crippen LogP contribution in [-0.2, 0) is 11.2 Å². The maximum atomic E-state index is 12.6. The lowest BCUT2D eigenvalue weighted by atomic mass is 10.0. The van der Waals surface area contributed by atoms with Crippen molar-refractivity contribution in [3.05, 3.63) is 77.9 Å². The molecule has 3 heteroatoms. The van der Waals surface area contributed by atoms with Crippen molar-refractivity contribution in [2.45, 2.75) is 52.1 Å². The number of carbonyl (C=O) groups excluding carboxylic acids is 1. The topological polar surface area (TPSA) is 38.3 Å². The minimum atomic E-state index is -0.480. The lowest BCUT2D eigenvalue weighted by Crippen LogP contribution is -2.38. The van der Waals surface area contributed by atoms with E-state index in [0.29, 0.717) is 18.9 Å². The Morgan fingerprint density at radius 3 is 2.41 bits per heavy atom. The van der Waals surface area contributed by atoms with Crippen LogP contribution in [0.25, 0.3) is 10.8 Å². The Kier molecular flexibility index (Phi) is 7.29. The number of carbonyl (C=O) groups is 1. The monoisotopic (exact) mass is 389 g/mol. The van der Waals surface area contributed by atoms with Crippen molar-refractivity contribution < 1.29 is 9.53 Å². The van der Waals surface area contributed by atoms with E-state index in [4.69, 9.17) is 4.74 Å². The highest BCUT2D eigenvalue weighted by Crippen LogP contribution is 2.26. The molecule has 0 unspecified atom stereocenters. The number of nitrogens with one attached hydrogen (secondary N) is 1. The highest BCUT2D eigenvalue weighted by atomic mass is 16.5. The summed E-state index contributed by atoms with van der Waals surface area (Å²) < 4.78 is 6.08. The Bertz CT molecular complexity index is 926. The van der Waals surface area contributed by atoms with Gasteiger partial charge in [-0.2, -0.15) is 0 Å². The van der Waals surface area contributed by atoms with E-state index < -0.39 is 6.10 Å². The number of fused-ring (bicyclic) bond motifs is 1. The molecular formula is C26H31NO2. The van der Waals surface area contributed by atoms with E-state index >= 15 is 0 Å². The third kappa shape index (κ3) is 5.60. The van der Waals surface area contributed by atoms with Crippen LogP contribution in [0.2, 0.25) is 0 Å². The van der Waals surface area contributed by atoms with Gasteiger partial charge in [-0.25, -0.2) is 0 Å². The lowest BCUT2D eigenvalue weighted by Gasteiger charge is -2.18. The number of benzene rings is 3. The number of amides is 1.